The largest absolute Gasteiger partial charge is 0.324 e. The minimum absolute atomic E-state index is 0.228. The molecule has 6 rings (SSSR count). The molecule has 0 atom stereocenters. The van der Waals surface area contributed by atoms with Crippen LogP contribution in [-0.2, 0) is 0 Å². The van der Waals surface area contributed by atoms with Crippen molar-refractivity contribution in [2.75, 3.05) is 10.6 Å². The van der Waals surface area contributed by atoms with Gasteiger partial charge in [0.05, 0.1) is 16.9 Å². The average molecular weight is 569 g/mol. The van der Waals surface area contributed by atoms with Gasteiger partial charge < -0.3 is 10.6 Å². The normalized spacial score (nSPS) is 10.8. The first-order chi connectivity index (χ1) is 20.4. The number of nitrogens with zero attached hydrogens (tertiary/aromatic N) is 2. The van der Waals surface area contributed by atoms with E-state index >= 15 is 0 Å². The highest BCUT2D eigenvalue weighted by Crippen LogP contribution is 2.29. The minimum atomic E-state index is -0.352. The van der Waals surface area contributed by atoms with Gasteiger partial charge in [0.2, 0.25) is 5.95 Å². The van der Waals surface area contributed by atoms with Crippen molar-refractivity contribution in [3.8, 4) is 11.3 Å². The van der Waals surface area contributed by atoms with Gasteiger partial charge >= 0.3 is 0 Å². The summed E-state index contributed by atoms with van der Waals surface area (Å²) < 4.78 is 0. The lowest BCUT2D eigenvalue weighted by atomic mass is 10.0. The Morgan fingerprint density at radius 1 is 0.714 bits per heavy atom. The van der Waals surface area contributed by atoms with E-state index in [0.29, 0.717) is 33.3 Å². The fourth-order valence-electron chi connectivity index (χ4n) is 4.70. The monoisotopic (exact) mass is 568 g/mol. The fourth-order valence-corrected chi connectivity index (χ4v) is 4.87. The van der Waals surface area contributed by atoms with Gasteiger partial charge in [-0.3, -0.25) is 9.59 Å². The van der Waals surface area contributed by atoms with Gasteiger partial charge in [0, 0.05) is 38.4 Å². The van der Waals surface area contributed by atoms with Crippen molar-refractivity contribution in [1.82, 2.24) is 9.97 Å². The number of nitrogens with one attached hydrogen (secondary N) is 2. The molecular formula is C35H25ClN4O2. The van der Waals surface area contributed by atoms with Crippen LogP contribution in [0.5, 0.6) is 0 Å². The maximum atomic E-state index is 13.2. The van der Waals surface area contributed by atoms with Gasteiger partial charge in [-0.15, -0.1) is 0 Å². The third kappa shape index (κ3) is 5.75. The number of carbonyl (C=O) groups excluding carboxylic acids is 2. The molecule has 0 aliphatic rings. The molecule has 7 heteroatoms. The fraction of sp³-hybridized carbons (Fsp3) is 0.0286. The predicted octanol–water partition coefficient (Wildman–Crippen LogP) is 8.49. The van der Waals surface area contributed by atoms with Gasteiger partial charge in [-0.25, -0.2) is 9.97 Å². The van der Waals surface area contributed by atoms with E-state index in [4.69, 9.17) is 21.6 Å². The average Bonchev–Trinajstić information content (AvgIpc) is 3.02. The number of benzene rings is 5. The molecule has 0 aliphatic heterocycles. The first kappa shape index (κ1) is 26.9. The zero-order valence-corrected chi connectivity index (χ0v) is 23.4. The lowest BCUT2D eigenvalue weighted by Gasteiger charge is -2.13. The summed E-state index contributed by atoms with van der Waals surface area (Å²) in [6.07, 6.45) is 0. The highest BCUT2D eigenvalue weighted by molar-refractivity contribution is 6.31. The number of ketones is 1. The lowest BCUT2D eigenvalue weighted by molar-refractivity contribution is 0.102. The first-order valence-electron chi connectivity index (χ1n) is 13.4. The number of aromatic nitrogens is 2. The van der Waals surface area contributed by atoms with Crippen molar-refractivity contribution in [2.24, 2.45) is 0 Å². The first-order valence-corrected chi connectivity index (χ1v) is 13.7. The van der Waals surface area contributed by atoms with Crippen LogP contribution in [0.3, 0.4) is 0 Å². The predicted molar refractivity (Wildman–Crippen MR) is 169 cm³/mol. The third-order valence-corrected chi connectivity index (χ3v) is 7.05. The Bertz CT molecular complexity index is 1930. The highest BCUT2D eigenvalue weighted by atomic mass is 35.5. The van der Waals surface area contributed by atoms with E-state index in [9.17, 15) is 9.59 Å². The third-order valence-electron chi connectivity index (χ3n) is 6.81. The Hall–Kier alpha value is -5.33. The number of aryl methyl sites for hydroxylation is 1. The molecule has 1 aromatic heterocycles. The SMILES string of the molecule is Cc1ccc2c(-c3ccccc3)nc(Nc3ccc(C(=O)Nc4ccc(Cl)cc4C(=O)c4ccccc4)cc3)nc2c1. The summed E-state index contributed by atoms with van der Waals surface area (Å²) in [5.41, 5.74) is 6.14. The van der Waals surface area contributed by atoms with Crippen LogP contribution in [0.2, 0.25) is 5.02 Å². The van der Waals surface area contributed by atoms with E-state index < -0.39 is 0 Å². The molecule has 204 valence electrons. The highest BCUT2D eigenvalue weighted by Gasteiger charge is 2.17. The number of fused-ring (bicyclic) bond motifs is 1. The number of carbonyl (C=O) groups is 2. The van der Waals surface area contributed by atoms with Crippen molar-refractivity contribution in [3.63, 3.8) is 0 Å². The molecule has 0 spiro atoms. The van der Waals surface area contributed by atoms with Gasteiger partial charge in [-0.2, -0.15) is 0 Å². The molecule has 1 heterocycles. The van der Waals surface area contributed by atoms with Crippen LogP contribution in [0.15, 0.2) is 121 Å². The van der Waals surface area contributed by atoms with Gasteiger partial charge in [-0.05, 0) is 61.0 Å². The Balaban J connectivity index is 1.24. The van der Waals surface area contributed by atoms with E-state index in [0.717, 1.165) is 33.4 Å². The summed E-state index contributed by atoms with van der Waals surface area (Å²) in [7, 11) is 0. The second kappa shape index (κ2) is 11.6. The van der Waals surface area contributed by atoms with Crippen molar-refractivity contribution in [2.45, 2.75) is 6.92 Å². The van der Waals surface area contributed by atoms with Crippen LogP contribution >= 0.6 is 11.6 Å². The van der Waals surface area contributed by atoms with Gasteiger partial charge in [-0.1, -0.05) is 84.4 Å². The van der Waals surface area contributed by atoms with Gasteiger partial charge in [0.15, 0.2) is 5.78 Å². The van der Waals surface area contributed by atoms with E-state index in [2.05, 4.69) is 16.7 Å². The molecule has 0 aliphatic carbocycles. The van der Waals surface area contributed by atoms with Crippen LogP contribution in [0, 0.1) is 6.92 Å². The van der Waals surface area contributed by atoms with E-state index in [1.54, 1.807) is 66.7 Å². The molecule has 0 radical (unpaired) electrons. The van der Waals surface area contributed by atoms with Crippen molar-refractivity contribution >= 4 is 51.5 Å². The van der Waals surface area contributed by atoms with Gasteiger partial charge in [0.1, 0.15) is 0 Å². The van der Waals surface area contributed by atoms with Crippen molar-refractivity contribution in [1.29, 1.82) is 0 Å². The maximum Gasteiger partial charge on any atom is 0.255 e. The van der Waals surface area contributed by atoms with Crippen molar-refractivity contribution < 1.29 is 9.59 Å². The molecule has 6 aromatic rings. The van der Waals surface area contributed by atoms with E-state index in [1.807, 2.05) is 55.5 Å². The van der Waals surface area contributed by atoms with Crippen LogP contribution in [-0.4, -0.2) is 21.7 Å². The Kier molecular flexibility index (Phi) is 7.45. The minimum Gasteiger partial charge on any atom is -0.324 e. The summed E-state index contributed by atoms with van der Waals surface area (Å²) in [6.45, 7) is 2.03. The molecule has 2 N–H and O–H groups in total. The van der Waals surface area contributed by atoms with Crippen LogP contribution in [0.4, 0.5) is 17.3 Å². The second-order valence-electron chi connectivity index (χ2n) is 9.82. The summed E-state index contributed by atoms with van der Waals surface area (Å²) >= 11 is 6.19. The number of amides is 1. The molecule has 42 heavy (non-hydrogen) atoms. The summed E-state index contributed by atoms with van der Waals surface area (Å²) in [6, 6.07) is 36.8. The second-order valence-corrected chi connectivity index (χ2v) is 10.3. The van der Waals surface area contributed by atoms with Crippen LogP contribution in [0.25, 0.3) is 22.2 Å². The van der Waals surface area contributed by atoms with Crippen molar-refractivity contribution in [3.05, 3.63) is 149 Å². The summed E-state index contributed by atoms with van der Waals surface area (Å²) in [5, 5.41) is 7.51. The summed E-state index contributed by atoms with van der Waals surface area (Å²) in [4.78, 5) is 35.9. The Labute approximate surface area is 248 Å². The molecular weight excluding hydrogens is 544 g/mol. The molecule has 5 aromatic carbocycles. The van der Waals surface area contributed by atoms with Crippen LogP contribution < -0.4 is 10.6 Å². The number of rotatable bonds is 7. The van der Waals surface area contributed by atoms with Crippen LogP contribution in [0.1, 0.15) is 31.8 Å². The Morgan fingerprint density at radius 3 is 2.17 bits per heavy atom. The topological polar surface area (TPSA) is 84.0 Å². The molecule has 1 amide bonds. The zero-order valence-electron chi connectivity index (χ0n) is 22.6. The smallest absolute Gasteiger partial charge is 0.255 e. The molecule has 0 saturated heterocycles. The Morgan fingerprint density at radius 2 is 1.43 bits per heavy atom. The standard InChI is InChI=1S/C35H25ClN4O2/c1-22-12-18-28-31(20-22)39-35(40-32(28)23-8-4-2-5-9-23)37-27-16-13-25(14-17-27)34(42)38-30-19-15-26(36)21-29(30)33(41)24-10-6-3-7-11-24/h2-21H,1H3,(H,38,42)(H,37,39,40). The molecule has 0 bridgehead atoms. The quantitative estimate of drug-likeness (QED) is 0.189. The molecule has 0 fully saturated rings. The van der Waals surface area contributed by atoms with Gasteiger partial charge in [0.25, 0.3) is 5.91 Å². The van der Waals surface area contributed by atoms with E-state index in [1.165, 1.54) is 0 Å². The van der Waals surface area contributed by atoms with E-state index in [-0.39, 0.29) is 11.7 Å². The number of hydrogen-bond acceptors (Lipinski definition) is 5. The maximum absolute atomic E-state index is 13.2. The number of anilines is 3. The number of halogens is 1. The summed E-state index contributed by atoms with van der Waals surface area (Å²) in [5.74, 6) is -0.127. The molecule has 6 nitrogen and oxygen atoms in total. The number of hydrogen-bond donors (Lipinski definition) is 2. The molecule has 0 saturated carbocycles. The lowest BCUT2D eigenvalue weighted by Crippen LogP contribution is -2.15. The molecule has 0 unspecified atom stereocenters. The zero-order chi connectivity index (χ0) is 29.1.